The third kappa shape index (κ3) is 9.38. The molecule has 1 heterocycles. The molecule has 1 aromatic heterocycles. The monoisotopic (exact) mass is 248 g/mol. The molecule has 0 saturated carbocycles. The summed E-state index contributed by atoms with van der Waals surface area (Å²) in [5, 5.41) is 0. The van der Waals surface area contributed by atoms with E-state index in [9.17, 15) is 0 Å². The molecule has 92 valence electrons. The third-order valence-corrected chi connectivity index (χ3v) is 1.69. The van der Waals surface area contributed by atoms with E-state index in [0.29, 0.717) is 0 Å². The second kappa shape index (κ2) is 7.15. The van der Waals surface area contributed by atoms with Crippen LogP contribution in [0.5, 0.6) is 0 Å². The lowest BCUT2D eigenvalue weighted by Crippen LogP contribution is -2.30. The Bertz CT molecular complexity index is 403. The Morgan fingerprint density at radius 2 is 2.19 bits per heavy atom. The van der Waals surface area contributed by atoms with Gasteiger partial charge in [0.1, 0.15) is 12.4 Å². The van der Waals surface area contributed by atoms with Crippen LogP contribution in [0.3, 0.4) is 0 Å². The summed E-state index contributed by atoms with van der Waals surface area (Å²) in [5.74, 6) is 0. The first-order valence-corrected chi connectivity index (χ1v) is 6.10. The average molecular weight is 248 g/mol. The zero-order valence-electron chi connectivity index (χ0n) is 9.11. The van der Waals surface area contributed by atoms with Gasteiger partial charge in [-0.25, -0.2) is 17.6 Å². The quantitative estimate of drug-likeness (QED) is 0.482. The van der Waals surface area contributed by atoms with Crippen molar-refractivity contribution in [2.24, 2.45) is 0 Å². The van der Waals surface area contributed by atoms with E-state index in [-0.39, 0.29) is 0 Å². The number of hydrogen-bond donors (Lipinski definition) is 1. The molecule has 6 nitrogen and oxygen atoms in total. The maximum atomic E-state index is 8.63. The Morgan fingerprint density at radius 3 is 2.56 bits per heavy atom. The maximum Gasteiger partial charge on any atom is 0.248 e. The summed E-state index contributed by atoms with van der Waals surface area (Å²) in [7, 11) is -4.92. The number of rotatable bonds is 4. The highest BCUT2D eigenvalue weighted by Crippen LogP contribution is 1.88. The molecule has 0 radical (unpaired) electrons. The molecule has 0 unspecified atom stereocenters. The molecule has 0 saturated heterocycles. The topological polar surface area (TPSA) is 86.2 Å². The Kier molecular flexibility index (Phi) is 6.63. The van der Waals surface area contributed by atoms with Crippen molar-refractivity contribution in [2.45, 2.75) is 26.3 Å². The number of nitrogens with zero attached hydrogens (tertiary/aromatic N) is 2. The molecule has 1 aromatic rings. The van der Waals surface area contributed by atoms with Crippen molar-refractivity contribution in [3.05, 3.63) is 25.3 Å². The predicted molar refractivity (Wildman–Crippen MR) is 58.2 cm³/mol. The van der Waals surface area contributed by atoms with Crippen LogP contribution < -0.4 is 4.57 Å². The van der Waals surface area contributed by atoms with Gasteiger partial charge in [-0.1, -0.05) is 19.9 Å². The van der Waals surface area contributed by atoms with E-state index in [1.54, 1.807) is 6.20 Å². The molecule has 0 amide bonds. The smallest absolute Gasteiger partial charge is 0.248 e. The lowest BCUT2D eigenvalue weighted by molar-refractivity contribution is -0.696. The van der Waals surface area contributed by atoms with Crippen molar-refractivity contribution >= 4 is 16.6 Å². The minimum atomic E-state index is -4.92. The van der Waals surface area contributed by atoms with Gasteiger partial charge in [0.15, 0.2) is 0 Å². The molecule has 0 bridgehead atoms. The minimum absolute atomic E-state index is 1.11. The van der Waals surface area contributed by atoms with Gasteiger partial charge in [0.25, 0.3) is 0 Å². The first kappa shape index (κ1) is 14.8. The molecule has 1 rings (SSSR count). The van der Waals surface area contributed by atoms with E-state index in [1.807, 2.05) is 17.1 Å². The van der Waals surface area contributed by atoms with Crippen LogP contribution in [-0.4, -0.2) is 22.1 Å². The highest BCUT2D eigenvalue weighted by atomic mass is 32.3. The molecule has 0 atom stereocenters. The summed E-state index contributed by atoms with van der Waals surface area (Å²) in [4.78, 5) is 0. The maximum absolute atomic E-state index is 8.63. The van der Waals surface area contributed by atoms with Gasteiger partial charge < -0.3 is 4.55 Å². The Balaban J connectivity index is 0.000000385. The van der Waals surface area contributed by atoms with Gasteiger partial charge in [-0.05, 0) is 6.42 Å². The predicted octanol–water partition coefficient (Wildman–Crippen LogP) is 0.681. The Labute approximate surface area is 95.4 Å². The van der Waals surface area contributed by atoms with Crippen LogP contribution in [0.15, 0.2) is 25.3 Å². The van der Waals surface area contributed by atoms with Crippen molar-refractivity contribution in [1.29, 1.82) is 0 Å². The number of hydrogen-bond acceptors (Lipinski definition) is 3. The largest absolute Gasteiger partial charge is 0.726 e. The third-order valence-electron chi connectivity index (χ3n) is 1.69. The number of aryl methyl sites for hydroxylation is 1. The summed E-state index contributed by atoms with van der Waals surface area (Å²) < 4.78 is 37.0. The lowest BCUT2D eigenvalue weighted by Gasteiger charge is -1.90. The Hall–Kier alpha value is -1.18. The van der Waals surface area contributed by atoms with Gasteiger partial charge in [0, 0.05) is 0 Å². The molecule has 16 heavy (non-hydrogen) atoms. The van der Waals surface area contributed by atoms with E-state index in [1.165, 1.54) is 12.8 Å². The summed E-state index contributed by atoms with van der Waals surface area (Å²) >= 11 is 0. The van der Waals surface area contributed by atoms with Crippen molar-refractivity contribution < 1.29 is 22.1 Å². The fourth-order valence-corrected chi connectivity index (χ4v) is 0.992. The van der Waals surface area contributed by atoms with E-state index < -0.39 is 10.4 Å². The highest BCUT2D eigenvalue weighted by Gasteiger charge is 1.97. The van der Waals surface area contributed by atoms with Gasteiger partial charge >= 0.3 is 0 Å². The van der Waals surface area contributed by atoms with Gasteiger partial charge in [-0.15, -0.1) is 0 Å². The number of aromatic nitrogens is 2. The number of unbranched alkanes of at least 4 members (excludes halogenated alkanes) is 1. The zero-order chi connectivity index (χ0) is 12.6. The standard InChI is InChI=1S/C9H15N2.H2O4S/c1-3-5-6-11-8-7-10(4-2)9-11;1-5(2,3)4/h4,7-9H,2-3,5-6H2,1H3;(H2,1,2,3,4)/q+1;/p-1. The van der Waals surface area contributed by atoms with Gasteiger partial charge in [-0.3, -0.25) is 4.55 Å². The molecule has 1 N–H and O–H groups in total. The van der Waals surface area contributed by atoms with Crippen LogP contribution in [0, 0.1) is 0 Å². The first-order chi connectivity index (χ1) is 7.36. The lowest BCUT2D eigenvalue weighted by atomic mass is 10.3. The molecular formula is C9H16N2O4S. The van der Waals surface area contributed by atoms with Crippen LogP contribution in [0.1, 0.15) is 19.8 Å². The molecule has 0 aliphatic rings. The van der Waals surface area contributed by atoms with Crippen LogP contribution in [0.25, 0.3) is 6.20 Å². The van der Waals surface area contributed by atoms with E-state index >= 15 is 0 Å². The summed E-state index contributed by atoms with van der Waals surface area (Å²) in [5.41, 5.74) is 0. The fourth-order valence-electron chi connectivity index (χ4n) is 0.992. The van der Waals surface area contributed by atoms with E-state index in [0.717, 1.165) is 6.54 Å². The minimum Gasteiger partial charge on any atom is -0.726 e. The molecule has 7 heteroatoms. The average Bonchev–Trinajstić information content (AvgIpc) is 2.59. The molecule has 0 spiro atoms. The van der Waals surface area contributed by atoms with Crippen LogP contribution in [0.2, 0.25) is 0 Å². The van der Waals surface area contributed by atoms with Crippen molar-refractivity contribution in [3.63, 3.8) is 0 Å². The molecular weight excluding hydrogens is 232 g/mol. The normalized spacial score (nSPS) is 10.4. The second-order valence-corrected chi connectivity index (χ2v) is 3.92. The van der Waals surface area contributed by atoms with Crippen molar-refractivity contribution in [1.82, 2.24) is 4.57 Å². The van der Waals surface area contributed by atoms with Gasteiger partial charge in [0.05, 0.1) is 12.7 Å². The fraction of sp³-hybridized carbons (Fsp3) is 0.444. The van der Waals surface area contributed by atoms with Crippen molar-refractivity contribution in [2.75, 3.05) is 0 Å². The Morgan fingerprint density at radius 1 is 1.62 bits per heavy atom. The van der Waals surface area contributed by atoms with Crippen LogP contribution in [-0.2, 0) is 16.9 Å². The zero-order valence-corrected chi connectivity index (χ0v) is 9.93. The van der Waals surface area contributed by atoms with Crippen molar-refractivity contribution in [3.8, 4) is 0 Å². The SMILES string of the molecule is C=Cn1cc[n+](CCCC)c1.O=S(=O)([O-])O. The molecule has 0 fully saturated rings. The molecule has 0 aliphatic heterocycles. The first-order valence-electron chi connectivity index (χ1n) is 4.74. The second-order valence-electron chi connectivity index (χ2n) is 3.06. The number of imidazole rings is 1. The highest BCUT2D eigenvalue weighted by molar-refractivity contribution is 7.79. The summed E-state index contributed by atoms with van der Waals surface area (Å²) in [6, 6.07) is 0. The summed E-state index contributed by atoms with van der Waals surface area (Å²) in [6.07, 6.45) is 10.4. The summed E-state index contributed by atoms with van der Waals surface area (Å²) in [6.45, 7) is 6.98. The van der Waals surface area contributed by atoms with E-state index in [2.05, 4.69) is 24.3 Å². The van der Waals surface area contributed by atoms with Gasteiger partial charge in [-0.2, -0.15) is 0 Å². The van der Waals surface area contributed by atoms with Crippen LogP contribution >= 0.6 is 0 Å². The molecule has 0 aromatic carbocycles. The molecule has 0 aliphatic carbocycles. The van der Waals surface area contributed by atoms with E-state index in [4.69, 9.17) is 17.5 Å². The van der Waals surface area contributed by atoms with Crippen LogP contribution in [0.4, 0.5) is 0 Å². The van der Waals surface area contributed by atoms with Gasteiger partial charge in [0.2, 0.25) is 16.7 Å².